The summed E-state index contributed by atoms with van der Waals surface area (Å²) in [5.74, 6) is 0. The van der Waals surface area contributed by atoms with Crippen LogP contribution in [0.5, 0.6) is 0 Å². The molecule has 18 heavy (non-hydrogen) atoms. The number of anilines is 2. The molecule has 2 rings (SSSR count). The summed E-state index contributed by atoms with van der Waals surface area (Å²) in [6.45, 7) is 6.14. The minimum atomic E-state index is 0.855. The monoisotopic (exact) mass is 240 g/mol. The molecule has 0 saturated heterocycles. The van der Waals surface area contributed by atoms with Crippen LogP contribution in [0.1, 0.15) is 18.1 Å². The largest absolute Gasteiger partial charge is 0.398 e. The smallest absolute Gasteiger partial charge is 0.0449 e. The number of nitrogen functional groups attached to an aromatic ring is 1. The average molecular weight is 240 g/mol. The molecular weight excluding hydrogens is 220 g/mol. The Bertz CT molecular complexity index is 520. The normalized spacial score (nSPS) is 10.3. The minimum Gasteiger partial charge on any atom is -0.398 e. The van der Waals surface area contributed by atoms with E-state index in [1.165, 1.54) is 16.8 Å². The predicted octanol–water partition coefficient (Wildman–Crippen LogP) is 3.60. The van der Waals surface area contributed by atoms with E-state index in [-0.39, 0.29) is 0 Å². The summed E-state index contributed by atoms with van der Waals surface area (Å²) in [4.78, 5) is 2.35. The molecular formula is C16H20N2. The first-order chi connectivity index (χ1) is 8.72. The second-order valence-corrected chi connectivity index (χ2v) is 4.50. The maximum atomic E-state index is 6.01. The van der Waals surface area contributed by atoms with Gasteiger partial charge < -0.3 is 10.6 Å². The molecule has 0 aliphatic rings. The summed E-state index contributed by atoms with van der Waals surface area (Å²) < 4.78 is 0. The Morgan fingerprint density at radius 2 is 1.67 bits per heavy atom. The van der Waals surface area contributed by atoms with Gasteiger partial charge >= 0.3 is 0 Å². The molecule has 0 heterocycles. The van der Waals surface area contributed by atoms with E-state index in [1.54, 1.807) is 0 Å². The van der Waals surface area contributed by atoms with Gasteiger partial charge in [-0.3, -0.25) is 0 Å². The van der Waals surface area contributed by atoms with Gasteiger partial charge in [-0.1, -0.05) is 36.4 Å². The molecule has 0 aromatic heterocycles. The molecule has 0 aliphatic heterocycles. The Balaban J connectivity index is 2.26. The van der Waals surface area contributed by atoms with Crippen LogP contribution in [0, 0.1) is 6.92 Å². The fourth-order valence-electron chi connectivity index (χ4n) is 2.17. The summed E-state index contributed by atoms with van der Waals surface area (Å²) in [6.07, 6.45) is 0. The highest BCUT2D eigenvalue weighted by Crippen LogP contribution is 2.23. The molecule has 2 aromatic rings. The first-order valence-electron chi connectivity index (χ1n) is 6.36. The van der Waals surface area contributed by atoms with Gasteiger partial charge in [0.15, 0.2) is 0 Å². The third-order valence-electron chi connectivity index (χ3n) is 3.25. The van der Waals surface area contributed by atoms with Crippen molar-refractivity contribution in [1.29, 1.82) is 0 Å². The number of aryl methyl sites for hydroxylation is 1. The summed E-state index contributed by atoms with van der Waals surface area (Å²) in [6, 6.07) is 16.5. The third-order valence-corrected chi connectivity index (χ3v) is 3.25. The number of nitrogens with two attached hydrogens (primary N) is 1. The minimum absolute atomic E-state index is 0.855. The van der Waals surface area contributed by atoms with Crippen LogP contribution in [0.4, 0.5) is 11.4 Å². The second-order valence-electron chi connectivity index (χ2n) is 4.50. The van der Waals surface area contributed by atoms with E-state index in [0.717, 1.165) is 18.8 Å². The van der Waals surface area contributed by atoms with Crippen molar-refractivity contribution < 1.29 is 0 Å². The molecule has 0 spiro atoms. The van der Waals surface area contributed by atoms with Crippen molar-refractivity contribution in [1.82, 2.24) is 0 Å². The fraction of sp³-hybridized carbons (Fsp3) is 0.250. The van der Waals surface area contributed by atoms with Crippen molar-refractivity contribution in [2.24, 2.45) is 0 Å². The van der Waals surface area contributed by atoms with Gasteiger partial charge in [-0.15, -0.1) is 0 Å². The van der Waals surface area contributed by atoms with Gasteiger partial charge in [0.2, 0.25) is 0 Å². The standard InChI is InChI=1S/C16H20N2/c1-3-18(16-11-7-4-8-13(16)2)12-14-9-5-6-10-15(14)17/h4-11H,3,12,17H2,1-2H3. The van der Waals surface area contributed by atoms with E-state index in [1.807, 2.05) is 18.2 Å². The number of rotatable bonds is 4. The van der Waals surface area contributed by atoms with E-state index in [4.69, 9.17) is 5.73 Å². The Labute approximate surface area is 109 Å². The van der Waals surface area contributed by atoms with Gasteiger partial charge in [0.05, 0.1) is 0 Å². The topological polar surface area (TPSA) is 29.3 Å². The Morgan fingerprint density at radius 3 is 2.33 bits per heavy atom. The lowest BCUT2D eigenvalue weighted by atomic mass is 10.1. The Morgan fingerprint density at radius 1 is 1.00 bits per heavy atom. The van der Waals surface area contributed by atoms with Crippen molar-refractivity contribution in [3.8, 4) is 0 Å². The number of para-hydroxylation sites is 2. The number of benzene rings is 2. The maximum Gasteiger partial charge on any atom is 0.0449 e. The molecule has 2 N–H and O–H groups in total. The van der Waals surface area contributed by atoms with Gasteiger partial charge in [0.25, 0.3) is 0 Å². The van der Waals surface area contributed by atoms with Crippen LogP contribution in [-0.2, 0) is 6.54 Å². The lowest BCUT2D eigenvalue weighted by Gasteiger charge is -2.25. The molecule has 0 saturated carbocycles. The molecule has 0 unspecified atom stereocenters. The van der Waals surface area contributed by atoms with E-state index < -0.39 is 0 Å². The van der Waals surface area contributed by atoms with Crippen molar-refractivity contribution in [3.05, 3.63) is 59.7 Å². The zero-order chi connectivity index (χ0) is 13.0. The molecule has 94 valence electrons. The summed E-state index contributed by atoms with van der Waals surface area (Å²) in [5.41, 5.74) is 10.6. The summed E-state index contributed by atoms with van der Waals surface area (Å²) in [7, 11) is 0. The molecule has 2 heteroatoms. The van der Waals surface area contributed by atoms with Crippen molar-refractivity contribution >= 4 is 11.4 Å². The summed E-state index contributed by atoms with van der Waals surface area (Å²) >= 11 is 0. The Kier molecular flexibility index (Phi) is 3.88. The average Bonchev–Trinajstić information content (AvgIpc) is 2.39. The van der Waals surface area contributed by atoms with Crippen molar-refractivity contribution in [3.63, 3.8) is 0 Å². The first kappa shape index (κ1) is 12.5. The summed E-state index contributed by atoms with van der Waals surface area (Å²) in [5, 5.41) is 0. The van der Waals surface area contributed by atoms with Gasteiger partial charge in [0, 0.05) is 24.5 Å². The molecule has 0 atom stereocenters. The molecule has 0 bridgehead atoms. The highest BCUT2D eigenvalue weighted by molar-refractivity contribution is 5.55. The quantitative estimate of drug-likeness (QED) is 0.827. The highest BCUT2D eigenvalue weighted by atomic mass is 15.1. The molecule has 2 nitrogen and oxygen atoms in total. The van der Waals surface area contributed by atoms with E-state index >= 15 is 0 Å². The molecule has 0 amide bonds. The fourth-order valence-corrected chi connectivity index (χ4v) is 2.17. The van der Waals surface area contributed by atoms with Crippen LogP contribution in [0.2, 0.25) is 0 Å². The van der Waals surface area contributed by atoms with Crippen molar-refractivity contribution in [2.75, 3.05) is 17.2 Å². The van der Waals surface area contributed by atoms with Crippen molar-refractivity contribution in [2.45, 2.75) is 20.4 Å². The lowest BCUT2D eigenvalue weighted by Crippen LogP contribution is -2.23. The lowest BCUT2D eigenvalue weighted by molar-refractivity contribution is 0.829. The van der Waals surface area contributed by atoms with Gasteiger partial charge in [-0.25, -0.2) is 0 Å². The van der Waals surface area contributed by atoms with E-state index in [0.29, 0.717) is 0 Å². The zero-order valence-electron chi connectivity index (χ0n) is 11.1. The number of hydrogen-bond donors (Lipinski definition) is 1. The Hall–Kier alpha value is -1.96. The van der Waals surface area contributed by atoms with Gasteiger partial charge in [-0.05, 0) is 37.1 Å². The number of nitrogens with zero attached hydrogens (tertiary/aromatic N) is 1. The van der Waals surface area contributed by atoms with Gasteiger partial charge in [-0.2, -0.15) is 0 Å². The highest BCUT2D eigenvalue weighted by Gasteiger charge is 2.08. The van der Waals surface area contributed by atoms with Gasteiger partial charge in [0.1, 0.15) is 0 Å². The second kappa shape index (κ2) is 5.58. The van der Waals surface area contributed by atoms with Crippen LogP contribution in [0.25, 0.3) is 0 Å². The molecule has 0 radical (unpaired) electrons. The molecule has 2 aromatic carbocycles. The van der Waals surface area contributed by atoms with Crippen LogP contribution < -0.4 is 10.6 Å². The van der Waals surface area contributed by atoms with E-state index in [9.17, 15) is 0 Å². The van der Waals surface area contributed by atoms with Crippen LogP contribution >= 0.6 is 0 Å². The van der Waals surface area contributed by atoms with Crippen LogP contribution in [0.3, 0.4) is 0 Å². The third kappa shape index (κ3) is 2.65. The van der Waals surface area contributed by atoms with E-state index in [2.05, 4.69) is 49.1 Å². The van der Waals surface area contributed by atoms with Crippen LogP contribution in [0.15, 0.2) is 48.5 Å². The predicted molar refractivity (Wildman–Crippen MR) is 78.8 cm³/mol. The first-order valence-corrected chi connectivity index (χ1v) is 6.36. The molecule has 0 aliphatic carbocycles. The van der Waals surface area contributed by atoms with Crippen LogP contribution in [-0.4, -0.2) is 6.54 Å². The molecule has 0 fully saturated rings. The SMILES string of the molecule is CCN(Cc1ccccc1N)c1ccccc1C. The zero-order valence-corrected chi connectivity index (χ0v) is 11.1. The maximum absolute atomic E-state index is 6.01. The number of hydrogen-bond acceptors (Lipinski definition) is 2.